The van der Waals surface area contributed by atoms with Crippen LogP contribution in [-0.2, 0) is 10.0 Å². The highest BCUT2D eigenvalue weighted by molar-refractivity contribution is 7.92. The van der Waals surface area contributed by atoms with Gasteiger partial charge in [0.25, 0.3) is 0 Å². The fourth-order valence-corrected chi connectivity index (χ4v) is 3.36. The summed E-state index contributed by atoms with van der Waals surface area (Å²) in [6, 6.07) is 5.05. The van der Waals surface area contributed by atoms with Crippen molar-refractivity contribution in [3.8, 4) is 5.82 Å². The van der Waals surface area contributed by atoms with E-state index in [4.69, 9.17) is 11.6 Å². The Morgan fingerprint density at radius 1 is 1.40 bits per heavy atom. The molecule has 2 rings (SSSR count). The highest BCUT2D eigenvalue weighted by Gasteiger charge is 2.17. The first-order valence-electron chi connectivity index (χ1n) is 6.03. The molecule has 2 heterocycles. The van der Waals surface area contributed by atoms with Crippen molar-refractivity contribution in [3.63, 3.8) is 0 Å². The number of anilines is 1. The van der Waals surface area contributed by atoms with Crippen LogP contribution in [0, 0.1) is 5.92 Å². The third-order valence-corrected chi connectivity index (χ3v) is 4.61. The molecule has 0 aliphatic carbocycles. The molecular formula is C12H15ClN4O2S. The van der Waals surface area contributed by atoms with Gasteiger partial charge in [0.05, 0.1) is 11.4 Å². The topological polar surface area (TPSA) is 76.9 Å². The number of sulfonamides is 1. The van der Waals surface area contributed by atoms with Crippen molar-refractivity contribution in [3.05, 3.63) is 36.8 Å². The average molecular weight is 315 g/mol. The zero-order chi connectivity index (χ0) is 14.6. The van der Waals surface area contributed by atoms with Gasteiger partial charge in [-0.3, -0.25) is 4.72 Å². The van der Waals surface area contributed by atoms with E-state index in [1.54, 1.807) is 43.7 Å². The first kappa shape index (κ1) is 14.8. The van der Waals surface area contributed by atoms with Crippen LogP contribution in [-0.4, -0.2) is 34.8 Å². The highest BCUT2D eigenvalue weighted by Crippen LogP contribution is 2.18. The van der Waals surface area contributed by atoms with Crippen molar-refractivity contribution in [1.29, 1.82) is 0 Å². The zero-order valence-electron chi connectivity index (χ0n) is 10.9. The van der Waals surface area contributed by atoms with Crippen molar-refractivity contribution in [1.82, 2.24) is 14.8 Å². The number of hydrogen-bond acceptors (Lipinski definition) is 4. The van der Waals surface area contributed by atoms with E-state index in [2.05, 4.69) is 14.8 Å². The molecule has 2 aromatic rings. The number of aromatic nitrogens is 3. The van der Waals surface area contributed by atoms with E-state index < -0.39 is 10.0 Å². The van der Waals surface area contributed by atoms with E-state index in [9.17, 15) is 8.42 Å². The Kier molecular flexibility index (Phi) is 4.61. The SMILES string of the molecule is CC(CCl)CS(=O)(=O)Nc1cccnc1-n1cccn1. The first-order chi connectivity index (χ1) is 9.52. The Morgan fingerprint density at radius 3 is 2.85 bits per heavy atom. The molecule has 0 saturated carbocycles. The lowest BCUT2D eigenvalue weighted by atomic mass is 10.3. The summed E-state index contributed by atoms with van der Waals surface area (Å²) in [6.45, 7) is 1.78. The average Bonchev–Trinajstić information content (AvgIpc) is 2.92. The molecule has 0 saturated heterocycles. The summed E-state index contributed by atoms with van der Waals surface area (Å²) in [6.07, 6.45) is 4.88. The van der Waals surface area contributed by atoms with E-state index in [-0.39, 0.29) is 11.7 Å². The molecule has 0 spiro atoms. The zero-order valence-corrected chi connectivity index (χ0v) is 12.5. The summed E-state index contributed by atoms with van der Waals surface area (Å²) in [5.41, 5.74) is 0.387. The van der Waals surface area contributed by atoms with Gasteiger partial charge in [0.2, 0.25) is 10.0 Å². The van der Waals surface area contributed by atoms with Gasteiger partial charge < -0.3 is 0 Å². The molecule has 0 aliphatic rings. The molecule has 1 unspecified atom stereocenters. The smallest absolute Gasteiger partial charge is 0.233 e. The minimum absolute atomic E-state index is 0.0378. The van der Waals surface area contributed by atoms with Crippen LogP contribution >= 0.6 is 11.6 Å². The van der Waals surface area contributed by atoms with Crippen LogP contribution in [0.3, 0.4) is 0 Å². The maximum Gasteiger partial charge on any atom is 0.233 e. The minimum Gasteiger partial charge on any atom is -0.280 e. The van der Waals surface area contributed by atoms with E-state index in [0.717, 1.165) is 0 Å². The lowest BCUT2D eigenvalue weighted by Crippen LogP contribution is -2.23. The van der Waals surface area contributed by atoms with Crippen molar-refractivity contribution >= 4 is 27.3 Å². The molecule has 2 aromatic heterocycles. The maximum absolute atomic E-state index is 12.1. The van der Waals surface area contributed by atoms with Gasteiger partial charge in [-0.25, -0.2) is 18.1 Å². The second-order valence-electron chi connectivity index (χ2n) is 4.47. The number of halogens is 1. The molecular weight excluding hydrogens is 300 g/mol. The molecule has 0 fully saturated rings. The fraction of sp³-hybridized carbons (Fsp3) is 0.333. The number of pyridine rings is 1. The van der Waals surface area contributed by atoms with Gasteiger partial charge in [-0.1, -0.05) is 6.92 Å². The first-order valence-corrected chi connectivity index (χ1v) is 8.22. The van der Waals surface area contributed by atoms with Crippen LogP contribution in [0.5, 0.6) is 0 Å². The van der Waals surface area contributed by atoms with Crippen LogP contribution in [0.1, 0.15) is 6.92 Å². The Balaban J connectivity index is 2.26. The van der Waals surface area contributed by atoms with E-state index in [0.29, 0.717) is 17.4 Å². The van der Waals surface area contributed by atoms with Gasteiger partial charge in [-0.15, -0.1) is 11.6 Å². The quantitative estimate of drug-likeness (QED) is 0.826. The number of rotatable bonds is 6. The second kappa shape index (κ2) is 6.23. The van der Waals surface area contributed by atoms with Crippen molar-refractivity contribution in [2.24, 2.45) is 5.92 Å². The maximum atomic E-state index is 12.1. The molecule has 0 amide bonds. The summed E-state index contributed by atoms with van der Waals surface area (Å²) >= 11 is 5.65. The van der Waals surface area contributed by atoms with Crippen molar-refractivity contribution in [2.45, 2.75) is 6.92 Å². The van der Waals surface area contributed by atoms with Crippen molar-refractivity contribution < 1.29 is 8.42 Å². The number of hydrogen-bond donors (Lipinski definition) is 1. The standard InChI is InChI=1S/C12H15ClN4O2S/c1-10(8-13)9-20(18,19)16-11-4-2-5-14-12(11)17-7-3-6-15-17/h2-7,10,16H,8-9H2,1H3. The monoisotopic (exact) mass is 314 g/mol. The number of nitrogens with zero attached hydrogens (tertiary/aromatic N) is 3. The van der Waals surface area contributed by atoms with Gasteiger partial charge in [0.15, 0.2) is 5.82 Å². The summed E-state index contributed by atoms with van der Waals surface area (Å²) in [4.78, 5) is 4.15. The molecule has 1 atom stereocenters. The fourth-order valence-electron chi connectivity index (χ4n) is 1.68. The number of nitrogens with one attached hydrogen (secondary N) is 1. The Hall–Kier alpha value is -1.60. The van der Waals surface area contributed by atoms with Crippen LogP contribution < -0.4 is 4.72 Å². The van der Waals surface area contributed by atoms with Crippen LogP contribution in [0.15, 0.2) is 36.8 Å². The van der Waals surface area contributed by atoms with Gasteiger partial charge in [0.1, 0.15) is 0 Å². The molecule has 0 radical (unpaired) electrons. The summed E-state index contributed by atoms with van der Waals surface area (Å²) in [5.74, 6) is 0.558. The summed E-state index contributed by atoms with van der Waals surface area (Å²) in [5, 5.41) is 4.05. The van der Waals surface area contributed by atoms with E-state index in [1.165, 1.54) is 4.68 Å². The molecule has 0 aromatic carbocycles. The molecule has 108 valence electrons. The van der Waals surface area contributed by atoms with Gasteiger partial charge >= 0.3 is 0 Å². The Labute approximate surface area is 122 Å². The lowest BCUT2D eigenvalue weighted by molar-refractivity contribution is 0.588. The van der Waals surface area contributed by atoms with Crippen molar-refractivity contribution in [2.75, 3.05) is 16.4 Å². The summed E-state index contributed by atoms with van der Waals surface area (Å²) < 4.78 is 28.2. The molecule has 20 heavy (non-hydrogen) atoms. The molecule has 6 nitrogen and oxygen atoms in total. The third kappa shape index (κ3) is 3.71. The van der Waals surface area contributed by atoms with Gasteiger partial charge in [-0.2, -0.15) is 5.10 Å². The Bertz CT molecular complexity index is 658. The molecule has 0 aliphatic heterocycles. The minimum atomic E-state index is -3.48. The normalized spacial score (nSPS) is 13.1. The van der Waals surface area contributed by atoms with Crippen LogP contribution in [0.2, 0.25) is 0 Å². The summed E-state index contributed by atoms with van der Waals surface area (Å²) in [7, 11) is -3.48. The second-order valence-corrected chi connectivity index (χ2v) is 6.54. The lowest BCUT2D eigenvalue weighted by Gasteiger charge is -2.13. The molecule has 0 bridgehead atoms. The van der Waals surface area contributed by atoms with E-state index in [1.807, 2.05) is 0 Å². The molecule has 8 heteroatoms. The van der Waals surface area contributed by atoms with Crippen LogP contribution in [0.25, 0.3) is 5.82 Å². The molecule has 1 N–H and O–H groups in total. The number of alkyl halides is 1. The van der Waals surface area contributed by atoms with Gasteiger partial charge in [0, 0.05) is 24.5 Å². The van der Waals surface area contributed by atoms with Crippen LogP contribution in [0.4, 0.5) is 5.69 Å². The predicted octanol–water partition coefficient (Wildman–Crippen LogP) is 1.88. The largest absolute Gasteiger partial charge is 0.280 e. The highest BCUT2D eigenvalue weighted by atomic mass is 35.5. The van der Waals surface area contributed by atoms with E-state index >= 15 is 0 Å². The van der Waals surface area contributed by atoms with Gasteiger partial charge in [-0.05, 0) is 24.1 Å². The third-order valence-electron chi connectivity index (χ3n) is 2.54. The predicted molar refractivity (Wildman–Crippen MR) is 78.7 cm³/mol. The Morgan fingerprint density at radius 2 is 2.20 bits per heavy atom.